The number of halogens is 2. The third-order valence-corrected chi connectivity index (χ3v) is 5.58. The van der Waals surface area contributed by atoms with Gasteiger partial charge >= 0.3 is 0 Å². The van der Waals surface area contributed by atoms with Crippen LogP contribution in [0.1, 0.15) is 31.4 Å². The van der Waals surface area contributed by atoms with E-state index < -0.39 is 0 Å². The Kier molecular flexibility index (Phi) is 7.19. The van der Waals surface area contributed by atoms with Crippen molar-refractivity contribution in [3.05, 3.63) is 35.6 Å². The zero-order chi connectivity index (χ0) is 15.6. The number of hydrogen-bond donors (Lipinski definition) is 2. The lowest BCUT2D eigenvalue weighted by molar-refractivity contribution is -0.121. The molecule has 0 spiro atoms. The maximum atomic E-state index is 12.3. The van der Waals surface area contributed by atoms with Gasteiger partial charge in [0, 0.05) is 41.5 Å². The Morgan fingerprint density at radius 2 is 2.04 bits per heavy atom. The summed E-state index contributed by atoms with van der Waals surface area (Å²) in [7, 11) is 0. The van der Waals surface area contributed by atoms with Gasteiger partial charge in [0.25, 0.3) is 0 Å². The van der Waals surface area contributed by atoms with E-state index in [-0.39, 0.29) is 30.7 Å². The second kappa shape index (κ2) is 8.94. The molecule has 2 aromatic rings. The first kappa shape index (κ1) is 20.1. The Morgan fingerprint density at radius 3 is 2.72 bits per heavy atom. The third-order valence-electron chi connectivity index (χ3n) is 4.64. The highest BCUT2D eigenvalue weighted by molar-refractivity contribution is 7.13. The minimum atomic E-state index is 0. The molecule has 4 heterocycles. The first-order valence-corrected chi connectivity index (χ1v) is 9.04. The number of amides is 1. The van der Waals surface area contributed by atoms with Gasteiger partial charge in [-0.1, -0.05) is 0 Å². The van der Waals surface area contributed by atoms with Crippen molar-refractivity contribution < 1.29 is 4.79 Å². The van der Waals surface area contributed by atoms with Crippen LogP contribution in [0, 0.1) is 0 Å². The number of aromatic nitrogens is 2. The van der Waals surface area contributed by atoms with Gasteiger partial charge < -0.3 is 10.6 Å². The molecule has 2 atom stereocenters. The largest absolute Gasteiger partial charge is 0.353 e. The highest BCUT2D eigenvalue weighted by Gasteiger charge is 2.33. The Bertz CT molecular complexity index is 685. The maximum absolute atomic E-state index is 12.3. The molecule has 2 bridgehead atoms. The fraction of sp³-hybridized carbons (Fsp3) is 0.471. The summed E-state index contributed by atoms with van der Waals surface area (Å²) in [6, 6.07) is 5.39. The molecule has 25 heavy (non-hydrogen) atoms. The molecular weight excluding hydrogens is 379 g/mol. The zero-order valence-corrected chi connectivity index (χ0v) is 16.1. The average Bonchev–Trinajstić information content (AvgIpc) is 3.15. The zero-order valence-electron chi connectivity index (χ0n) is 13.7. The minimum Gasteiger partial charge on any atom is -0.353 e. The Hall–Kier alpha value is -1.21. The van der Waals surface area contributed by atoms with Gasteiger partial charge in [-0.15, -0.1) is 36.2 Å². The molecule has 8 heteroatoms. The first-order chi connectivity index (χ1) is 11.3. The summed E-state index contributed by atoms with van der Waals surface area (Å²) < 4.78 is 0. The van der Waals surface area contributed by atoms with Crippen LogP contribution in [0.5, 0.6) is 0 Å². The van der Waals surface area contributed by atoms with Crippen molar-refractivity contribution in [1.29, 1.82) is 0 Å². The third kappa shape index (κ3) is 4.91. The SMILES string of the molecule is Cl.Cl.O=C(Cc1csc(-c2cccnc2)n1)NC1CC2CCC(C1)N2. The number of rotatable bonds is 4. The van der Waals surface area contributed by atoms with E-state index in [4.69, 9.17) is 0 Å². The van der Waals surface area contributed by atoms with Crippen molar-refractivity contribution in [2.24, 2.45) is 0 Å². The number of nitrogens with zero attached hydrogens (tertiary/aromatic N) is 2. The van der Waals surface area contributed by atoms with Crippen LogP contribution < -0.4 is 10.6 Å². The van der Waals surface area contributed by atoms with Gasteiger partial charge in [-0.2, -0.15) is 0 Å². The second-order valence-electron chi connectivity index (χ2n) is 6.44. The number of fused-ring (bicyclic) bond motifs is 2. The minimum absolute atomic E-state index is 0. The molecule has 1 amide bonds. The molecule has 136 valence electrons. The molecule has 4 rings (SSSR count). The number of nitrogens with one attached hydrogen (secondary N) is 2. The summed E-state index contributed by atoms with van der Waals surface area (Å²) in [4.78, 5) is 21.0. The van der Waals surface area contributed by atoms with Gasteiger partial charge in [0.1, 0.15) is 5.01 Å². The monoisotopic (exact) mass is 400 g/mol. The second-order valence-corrected chi connectivity index (χ2v) is 7.29. The fourth-order valence-corrected chi connectivity index (χ4v) is 4.44. The van der Waals surface area contributed by atoms with E-state index in [1.54, 1.807) is 23.7 Å². The van der Waals surface area contributed by atoms with Crippen molar-refractivity contribution in [1.82, 2.24) is 20.6 Å². The Labute approximate surface area is 163 Å². The van der Waals surface area contributed by atoms with Gasteiger partial charge in [0.15, 0.2) is 0 Å². The fourth-order valence-electron chi connectivity index (χ4n) is 3.63. The Morgan fingerprint density at radius 1 is 1.28 bits per heavy atom. The van der Waals surface area contributed by atoms with Crippen LogP contribution in [0.4, 0.5) is 0 Å². The van der Waals surface area contributed by atoms with E-state index in [2.05, 4.69) is 20.6 Å². The molecule has 2 N–H and O–H groups in total. The molecule has 2 aromatic heterocycles. The Balaban J connectivity index is 0.00000113. The molecule has 2 unspecified atom stereocenters. The standard InChI is InChI=1S/C17H20N4OS.2ClH/c22-16(20-14-6-12-3-4-13(7-14)19-12)8-15-10-23-17(21-15)11-2-1-5-18-9-11;;/h1-2,5,9-10,12-14,19H,3-4,6-8H2,(H,20,22);2*1H. The van der Waals surface area contributed by atoms with Crippen LogP contribution in [0.3, 0.4) is 0 Å². The lowest BCUT2D eigenvalue weighted by Gasteiger charge is -2.29. The topological polar surface area (TPSA) is 66.9 Å². The summed E-state index contributed by atoms with van der Waals surface area (Å²) in [6.45, 7) is 0. The van der Waals surface area contributed by atoms with E-state index in [0.29, 0.717) is 24.5 Å². The molecule has 5 nitrogen and oxygen atoms in total. The number of pyridine rings is 1. The molecule has 2 fully saturated rings. The van der Waals surface area contributed by atoms with Crippen LogP contribution >= 0.6 is 36.2 Å². The van der Waals surface area contributed by atoms with E-state index in [9.17, 15) is 4.79 Å². The smallest absolute Gasteiger partial charge is 0.226 e. The maximum Gasteiger partial charge on any atom is 0.226 e. The van der Waals surface area contributed by atoms with Crippen LogP contribution in [-0.2, 0) is 11.2 Å². The molecule has 0 radical (unpaired) electrons. The lowest BCUT2D eigenvalue weighted by atomic mass is 9.99. The normalized spacial score (nSPS) is 24.1. The number of piperidine rings is 1. The summed E-state index contributed by atoms with van der Waals surface area (Å²) in [5.74, 6) is 0.0827. The van der Waals surface area contributed by atoms with E-state index in [1.807, 2.05) is 17.5 Å². The van der Waals surface area contributed by atoms with Crippen LogP contribution in [0.25, 0.3) is 10.6 Å². The van der Waals surface area contributed by atoms with Crippen LogP contribution in [0.2, 0.25) is 0 Å². The van der Waals surface area contributed by atoms with Crippen LogP contribution in [0.15, 0.2) is 29.9 Å². The number of thiazole rings is 1. The summed E-state index contributed by atoms with van der Waals surface area (Å²) in [5, 5.41) is 9.67. The molecular formula is C17H22Cl2N4OS. The lowest BCUT2D eigenvalue weighted by Crippen LogP contribution is -2.48. The van der Waals surface area contributed by atoms with Crippen molar-refractivity contribution in [2.75, 3.05) is 0 Å². The first-order valence-electron chi connectivity index (χ1n) is 8.16. The van der Waals surface area contributed by atoms with Gasteiger partial charge in [-0.05, 0) is 37.8 Å². The summed E-state index contributed by atoms with van der Waals surface area (Å²) >= 11 is 1.56. The van der Waals surface area contributed by atoms with Crippen molar-refractivity contribution in [2.45, 2.75) is 50.2 Å². The number of hydrogen-bond acceptors (Lipinski definition) is 5. The number of carbonyl (C=O) groups is 1. The van der Waals surface area contributed by atoms with Gasteiger partial charge in [-0.3, -0.25) is 9.78 Å². The van der Waals surface area contributed by atoms with E-state index in [0.717, 1.165) is 29.1 Å². The van der Waals surface area contributed by atoms with Crippen LogP contribution in [-0.4, -0.2) is 34.0 Å². The predicted octanol–water partition coefficient (Wildman–Crippen LogP) is 2.99. The highest BCUT2D eigenvalue weighted by atomic mass is 35.5. The van der Waals surface area contributed by atoms with Gasteiger partial charge in [0.2, 0.25) is 5.91 Å². The van der Waals surface area contributed by atoms with E-state index in [1.165, 1.54) is 12.8 Å². The van der Waals surface area contributed by atoms with Gasteiger partial charge in [-0.25, -0.2) is 4.98 Å². The predicted molar refractivity (Wildman–Crippen MR) is 105 cm³/mol. The summed E-state index contributed by atoms with van der Waals surface area (Å²) in [5.41, 5.74) is 1.84. The van der Waals surface area contributed by atoms with Gasteiger partial charge in [0.05, 0.1) is 12.1 Å². The number of carbonyl (C=O) groups excluding carboxylic acids is 1. The molecule has 0 saturated carbocycles. The van der Waals surface area contributed by atoms with E-state index >= 15 is 0 Å². The summed E-state index contributed by atoms with van der Waals surface area (Å²) in [6.07, 6.45) is 8.51. The van der Waals surface area contributed by atoms with Crippen molar-refractivity contribution >= 4 is 42.1 Å². The molecule has 2 aliphatic rings. The van der Waals surface area contributed by atoms with Crippen molar-refractivity contribution in [3.63, 3.8) is 0 Å². The van der Waals surface area contributed by atoms with Crippen molar-refractivity contribution in [3.8, 4) is 10.6 Å². The average molecular weight is 401 g/mol. The molecule has 0 aromatic carbocycles. The molecule has 0 aliphatic carbocycles. The highest BCUT2D eigenvalue weighted by Crippen LogP contribution is 2.27. The molecule has 2 saturated heterocycles. The quantitative estimate of drug-likeness (QED) is 0.827. The molecule has 2 aliphatic heterocycles.